The summed E-state index contributed by atoms with van der Waals surface area (Å²) in [5, 5.41) is 9.63. The Hall–Kier alpha value is -1.51. The van der Waals surface area contributed by atoms with Crippen molar-refractivity contribution in [2.75, 3.05) is 33.9 Å². The molecule has 2 unspecified atom stereocenters. The van der Waals surface area contributed by atoms with E-state index < -0.39 is 0 Å². The van der Waals surface area contributed by atoms with Gasteiger partial charge in [0.25, 0.3) is 11.7 Å². The molecule has 0 spiro atoms. The Kier molecular flexibility index (Phi) is 5.45. The largest absolute Gasteiger partial charge is 0.382 e. The number of carbonyl (C=O) groups excluding carboxylic acids is 1. The summed E-state index contributed by atoms with van der Waals surface area (Å²) < 4.78 is 15.2. The molecule has 2 atom stereocenters. The van der Waals surface area contributed by atoms with Gasteiger partial charge in [-0.15, -0.1) is 0 Å². The Bertz CT molecular complexity index is 431. The van der Waals surface area contributed by atoms with Gasteiger partial charge in [-0.1, -0.05) is 5.16 Å². The van der Waals surface area contributed by atoms with Gasteiger partial charge in [0.1, 0.15) is 0 Å². The molecule has 1 fully saturated rings. The topological polar surface area (TPSA) is 98.5 Å². The lowest BCUT2D eigenvalue weighted by atomic mass is 10.2. The number of methoxy groups -OCH3 is 2. The van der Waals surface area contributed by atoms with Gasteiger partial charge in [-0.3, -0.25) is 4.79 Å². The summed E-state index contributed by atoms with van der Waals surface area (Å²) in [6, 6.07) is 0.0595. The van der Waals surface area contributed by atoms with E-state index in [9.17, 15) is 4.79 Å². The number of nitrogens with one attached hydrogen (secondary N) is 2. The second-order valence-electron chi connectivity index (χ2n) is 4.63. The highest BCUT2D eigenvalue weighted by atomic mass is 16.5. The summed E-state index contributed by atoms with van der Waals surface area (Å²) in [6.07, 6.45) is 1.82. The molecule has 2 N–H and O–H groups in total. The van der Waals surface area contributed by atoms with E-state index in [0.717, 1.165) is 19.4 Å². The van der Waals surface area contributed by atoms with Gasteiger partial charge in [0.15, 0.2) is 0 Å². The van der Waals surface area contributed by atoms with Crippen molar-refractivity contribution in [3.05, 3.63) is 11.7 Å². The molecule has 0 bridgehead atoms. The van der Waals surface area contributed by atoms with Crippen molar-refractivity contribution in [2.24, 2.45) is 0 Å². The lowest BCUT2D eigenvalue weighted by Gasteiger charge is -2.13. The van der Waals surface area contributed by atoms with Crippen LogP contribution in [-0.4, -0.2) is 56.1 Å². The first-order chi connectivity index (χ1) is 9.74. The summed E-state index contributed by atoms with van der Waals surface area (Å²) in [6.45, 7) is 1.66. The monoisotopic (exact) mass is 284 g/mol. The number of aromatic nitrogens is 2. The zero-order valence-electron chi connectivity index (χ0n) is 11.7. The van der Waals surface area contributed by atoms with Crippen LogP contribution in [-0.2, 0) is 9.47 Å². The summed E-state index contributed by atoms with van der Waals surface area (Å²) in [5.41, 5.74) is 0. The fourth-order valence-corrected chi connectivity index (χ4v) is 2.05. The maximum Gasteiger partial charge on any atom is 0.292 e. The molecule has 0 radical (unpaired) electrons. The predicted octanol–water partition coefficient (Wildman–Crippen LogP) is -0.115. The minimum atomic E-state index is -0.379. The SMILES string of the molecule is COCC(CNC(=O)c1noc(C2CCCN2)n1)OC. The van der Waals surface area contributed by atoms with Gasteiger partial charge < -0.3 is 24.6 Å². The first-order valence-corrected chi connectivity index (χ1v) is 6.61. The molecule has 1 aromatic heterocycles. The highest BCUT2D eigenvalue weighted by Crippen LogP contribution is 2.20. The molecule has 2 rings (SSSR count). The number of carbonyl (C=O) groups is 1. The van der Waals surface area contributed by atoms with E-state index in [2.05, 4.69) is 20.8 Å². The normalized spacial score (nSPS) is 20.0. The molecule has 0 saturated carbocycles. The average molecular weight is 284 g/mol. The molecule has 1 aromatic rings. The number of amides is 1. The van der Waals surface area contributed by atoms with E-state index in [4.69, 9.17) is 14.0 Å². The molecular formula is C12H20N4O4. The summed E-state index contributed by atoms with van der Waals surface area (Å²) in [4.78, 5) is 16.0. The van der Waals surface area contributed by atoms with Crippen molar-refractivity contribution < 1.29 is 18.8 Å². The fourth-order valence-electron chi connectivity index (χ4n) is 2.05. The molecule has 20 heavy (non-hydrogen) atoms. The van der Waals surface area contributed by atoms with Crippen LogP contribution in [0.4, 0.5) is 0 Å². The van der Waals surface area contributed by atoms with E-state index in [-0.39, 0.29) is 23.9 Å². The Labute approximate surface area is 117 Å². The molecule has 8 nitrogen and oxygen atoms in total. The summed E-state index contributed by atoms with van der Waals surface area (Å²) in [7, 11) is 3.14. The number of nitrogens with zero attached hydrogens (tertiary/aromatic N) is 2. The first-order valence-electron chi connectivity index (χ1n) is 6.61. The Morgan fingerprint density at radius 3 is 3.10 bits per heavy atom. The van der Waals surface area contributed by atoms with E-state index in [0.29, 0.717) is 19.0 Å². The van der Waals surface area contributed by atoms with Crippen LogP contribution < -0.4 is 10.6 Å². The quantitative estimate of drug-likeness (QED) is 0.720. The maximum atomic E-state index is 11.9. The van der Waals surface area contributed by atoms with Gasteiger partial charge in [-0.25, -0.2) is 0 Å². The molecule has 1 amide bonds. The van der Waals surface area contributed by atoms with Gasteiger partial charge in [0, 0.05) is 20.8 Å². The van der Waals surface area contributed by atoms with Crippen LogP contribution in [0.3, 0.4) is 0 Å². The molecule has 8 heteroatoms. The van der Waals surface area contributed by atoms with Crippen molar-refractivity contribution in [3.63, 3.8) is 0 Å². The zero-order chi connectivity index (χ0) is 14.4. The maximum absolute atomic E-state index is 11.9. The Morgan fingerprint density at radius 1 is 1.60 bits per heavy atom. The minimum Gasteiger partial charge on any atom is -0.382 e. The lowest BCUT2D eigenvalue weighted by Crippen LogP contribution is -2.36. The standard InChI is InChI=1S/C12H20N4O4/c1-18-7-8(19-2)6-14-11(17)10-15-12(20-16-10)9-4-3-5-13-9/h8-9,13H,3-7H2,1-2H3,(H,14,17). The lowest BCUT2D eigenvalue weighted by molar-refractivity contribution is 0.0284. The summed E-state index contributed by atoms with van der Waals surface area (Å²) in [5.74, 6) is 0.130. The smallest absolute Gasteiger partial charge is 0.292 e. The number of rotatable bonds is 7. The van der Waals surface area contributed by atoms with Crippen LogP contribution in [0.25, 0.3) is 0 Å². The third-order valence-electron chi connectivity index (χ3n) is 3.18. The van der Waals surface area contributed by atoms with Crippen LogP contribution >= 0.6 is 0 Å². The van der Waals surface area contributed by atoms with Crippen molar-refractivity contribution in [1.82, 2.24) is 20.8 Å². The Morgan fingerprint density at radius 2 is 2.45 bits per heavy atom. The van der Waals surface area contributed by atoms with Crippen molar-refractivity contribution >= 4 is 5.91 Å². The van der Waals surface area contributed by atoms with Crippen LogP contribution in [0, 0.1) is 0 Å². The van der Waals surface area contributed by atoms with Gasteiger partial charge in [0.2, 0.25) is 5.89 Å². The van der Waals surface area contributed by atoms with E-state index in [1.54, 1.807) is 14.2 Å². The van der Waals surface area contributed by atoms with Crippen molar-refractivity contribution in [1.29, 1.82) is 0 Å². The van der Waals surface area contributed by atoms with Gasteiger partial charge >= 0.3 is 0 Å². The molecule has 0 aromatic carbocycles. The van der Waals surface area contributed by atoms with Crippen molar-refractivity contribution in [2.45, 2.75) is 25.0 Å². The highest BCUT2D eigenvalue weighted by molar-refractivity contribution is 5.90. The van der Waals surface area contributed by atoms with E-state index >= 15 is 0 Å². The van der Waals surface area contributed by atoms with Crippen LogP contribution in [0.5, 0.6) is 0 Å². The van der Waals surface area contributed by atoms with Crippen molar-refractivity contribution in [3.8, 4) is 0 Å². The molecule has 0 aliphatic carbocycles. The first kappa shape index (κ1) is 14.9. The number of ether oxygens (including phenoxy) is 2. The van der Waals surface area contributed by atoms with E-state index in [1.807, 2.05) is 0 Å². The average Bonchev–Trinajstić information content (AvgIpc) is 3.12. The molecular weight excluding hydrogens is 264 g/mol. The van der Waals surface area contributed by atoms with Crippen LogP contribution in [0.1, 0.15) is 35.4 Å². The van der Waals surface area contributed by atoms with Gasteiger partial charge in [-0.2, -0.15) is 4.98 Å². The second-order valence-corrected chi connectivity index (χ2v) is 4.63. The number of hydrogen-bond acceptors (Lipinski definition) is 7. The molecule has 112 valence electrons. The van der Waals surface area contributed by atoms with Gasteiger partial charge in [0.05, 0.1) is 18.8 Å². The number of hydrogen-bond donors (Lipinski definition) is 2. The minimum absolute atomic E-state index is 0.0426. The molecule has 1 aliphatic rings. The van der Waals surface area contributed by atoms with E-state index in [1.165, 1.54) is 0 Å². The second kappa shape index (κ2) is 7.32. The predicted molar refractivity (Wildman–Crippen MR) is 69.3 cm³/mol. The van der Waals surface area contributed by atoms with Crippen LogP contribution in [0.2, 0.25) is 0 Å². The Balaban J connectivity index is 1.86. The molecule has 1 aliphatic heterocycles. The summed E-state index contributed by atoms with van der Waals surface area (Å²) >= 11 is 0. The van der Waals surface area contributed by atoms with Crippen LogP contribution in [0.15, 0.2) is 4.52 Å². The van der Waals surface area contributed by atoms with Gasteiger partial charge in [-0.05, 0) is 19.4 Å². The third-order valence-corrected chi connectivity index (χ3v) is 3.18. The molecule has 2 heterocycles. The highest BCUT2D eigenvalue weighted by Gasteiger charge is 2.24. The fraction of sp³-hybridized carbons (Fsp3) is 0.750. The third kappa shape index (κ3) is 3.75. The molecule has 1 saturated heterocycles. The zero-order valence-corrected chi connectivity index (χ0v) is 11.7.